The van der Waals surface area contributed by atoms with E-state index < -0.39 is 0 Å². The van der Waals surface area contributed by atoms with Crippen LogP contribution in [0.2, 0.25) is 0 Å². The zero-order valence-corrected chi connectivity index (χ0v) is 13.7. The maximum absolute atomic E-state index is 13.5. The minimum atomic E-state index is -0.353. The Balaban J connectivity index is 2.18. The summed E-state index contributed by atoms with van der Waals surface area (Å²) < 4.78 is 18.5. The maximum atomic E-state index is 13.5. The van der Waals surface area contributed by atoms with Gasteiger partial charge in [-0.25, -0.2) is 9.37 Å². The van der Waals surface area contributed by atoms with Crippen molar-refractivity contribution < 1.29 is 9.13 Å². The number of ether oxygens (including phenoxy) is 1. The van der Waals surface area contributed by atoms with E-state index in [0.717, 1.165) is 29.4 Å². The molecule has 1 heterocycles. The lowest BCUT2D eigenvalue weighted by molar-refractivity contribution is 0.387. The van der Waals surface area contributed by atoms with Gasteiger partial charge in [-0.05, 0) is 37.6 Å². The Morgan fingerprint density at radius 2 is 2.14 bits per heavy atom. The predicted octanol–water partition coefficient (Wildman–Crippen LogP) is 4.01. The fourth-order valence-electron chi connectivity index (χ4n) is 1.98. The van der Waals surface area contributed by atoms with E-state index in [9.17, 15) is 4.39 Å². The standard InChI is InChI=1S/C16H21FN2OS/c1-10(2)8-18-9-15-11(3)19-16(21-15)12-5-6-13(17)14(7-12)20-4/h5-7,10,18H,8-9H2,1-4H3. The Morgan fingerprint density at radius 1 is 1.38 bits per heavy atom. The molecule has 0 radical (unpaired) electrons. The zero-order chi connectivity index (χ0) is 15.4. The third kappa shape index (κ3) is 4.02. The smallest absolute Gasteiger partial charge is 0.165 e. The van der Waals surface area contributed by atoms with Crippen LogP contribution >= 0.6 is 11.3 Å². The number of methoxy groups -OCH3 is 1. The first kappa shape index (κ1) is 15.9. The number of halogens is 1. The highest BCUT2D eigenvalue weighted by molar-refractivity contribution is 7.15. The molecule has 2 aromatic rings. The van der Waals surface area contributed by atoms with Crippen molar-refractivity contribution in [3.63, 3.8) is 0 Å². The van der Waals surface area contributed by atoms with E-state index in [1.165, 1.54) is 18.1 Å². The molecule has 0 saturated carbocycles. The van der Waals surface area contributed by atoms with E-state index in [0.29, 0.717) is 5.92 Å². The summed E-state index contributed by atoms with van der Waals surface area (Å²) in [5.41, 5.74) is 1.91. The molecule has 0 saturated heterocycles. The molecule has 0 bridgehead atoms. The molecular formula is C16H21FN2OS. The van der Waals surface area contributed by atoms with E-state index in [1.54, 1.807) is 23.5 Å². The average molecular weight is 308 g/mol. The van der Waals surface area contributed by atoms with Crippen LogP contribution in [0.1, 0.15) is 24.4 Å². The van der Waals surface area contributed by atoms with Gasteiger partial charge in [-0.15, -0.1) is 11.3 Å². The van der Waals surface area contributed by atoms with Crippen molar-refractivity contribution >= 4 is 11.3 Å². The minimum absolute atomic E-state index is 0.250. The van der Waals surface area contributed by atoms with Crippen LogP contribution in [0.15, 0.2) is 18.2 Å². The number of rotatable bonds is 6. The normalized spacial score (nSPS) is 11.1. The SMILES string of the molecule is COc1cc(-c2nc(C)c(CNCC(C)C)s2)ccc1F. The second kappa shape index (κ2) is 7.00. The van der Waals surface area contributed by atoms with Gasteiger partial charge in [-0.2, -0.15) is 0 Å². The van der Waals surface area contributed by atoms with Crippen molar-refractivity contribution in [2.75, 3.05) is 13.7 Å². The van der Waals surface area contributed by atoms with Gasteiger partial charge in [0.25, 0.3) is 0 Å². The summed E-state index contributed by atoms with van der Waals surface area (Å²) >= 11 is 1.64. The van der Waals surface area contributed by atoms with Crippen molar-refractivity contribution in [2.45, 2.75) is 27.3 Å². The molecule has 1 aromatic carbocycles. The first-order valence-corrected chi connectivity index (χ1v) is 7.83. The van der Waals surface area contributed by atoms with Gasteiger partial charge < -0.3 is 10.1 Å². The molecule has 0 amide bonds. The molecule has 0 spiro atoms. The lowest BCUT2D eigenvalue weighted by Gasteiger charge is -2.05. The van der Waals surface area contributed by atoms with E-state index >= 15 is 0 Å². The molecule has 114 valence electrons. The van der Waals surface area contributed by atoms with Gasteiger partial charge in [0.2, 0.25) is 0 Å². The van der Waals surface area contributed by atoms with E-state index in [1.807, 2.05) is 6.92 Å². The molecule has 0 aliphatic carbocycles. The van der Waals surface area contributed by atoms with Crippen molar-refractivity contribution in [1.29, 1.82) is 0 Å². The van der Waals surface area contributed by atoms with Gasteiger partial charge in [-0.1, -0.05) is 13.8 Å². The first-order valence-electron chi connectivity index (χ1n) is 7.02. The summed E-state index contributed by atoms with van der Waals surface area (Å²) in [6.07, 6.45) is 0. The number of aryl methyl sites for hydroxylation is 1. The van der Waals surface area contributed by atoms with Gasteiger partial charge in [-0.3, -0.25) is 0 Å². The van der Waals surface area contributed by atoms with Crippen LogP contribution in [0.25, 0.3) is 10.6 Å². The third-order valence-electron chi connectivity index (χ3n) is 3.13. The summed E-state index contributed by atoms with van der Waals surface area (Å²) in [6, 6.07) is 4.85. The number of nitrogens with one attached hydrogen (secondary N) is 1. The highest BCUT2D eigenvalue weighted by atomic mass is 32.1. The number of nitrogens with zero attached hydrogens (tertiary/aromatic N) is 1. The molecule has 21 heavy (non-hydrogen) atoms. The van der Waals surface area contributed by atoms with Crippen LogP contribution in [0.4, 0.5) is 4.39 Å². The molecule has 1 aromatic heterocycles. The zero-order valence-electron chi connectivity index (χ0n) is 12.9. The van der Waals surface area contributed by atoms with Crippen LogP contribution in [-0.2, 0) is 6.54 Å². The second-order valence-corrected chi connectivity index (χ2v) is 6.49. The van der Waals surface area contributed by atoms with Crippen LogP contribution in [-0.4, -0.2) is 18.6 Å². The van der Waals surface area contributed by atoms with Crippen LogP contribution in [0.5, 0.6) is 5.75 Å². The van der Waals surface area contributed by atoms with Crippen molar-refractivity contribution in [3.05, 3.63) is 34.6 Å². The highest BCUT2D eigenvalue weighted by Crippen LogP contribution is 2.31. The van der Waals surface area contributed by atoms with Crippen LogP contribution < -0.4 is 10.1 Å². The van der Waals surface area contributed by atoms with Crippen LogP contribution in [0.3, 0.4) is 0 Å². The van der Waals surface area contributed by atoms with E-state index in [4.69, 9.17) is 4.74 Å². The van der Waals surface area contributed by atoms with E-state index in [-0.39, 0.29) is 11.6 Å². The summed E-state index contributed by atoms with van der Waals surface area (Å²) in [5, 5.41) is 4.32. The quantitative estimate of drug-likeness (QED) is 0.875. The number of hydrogen-bond acceptors (Lipinski definition) is 4. The molecule has 0 aliphatic heterocycles. The largest absolute Gasteiger partial charge is 0.494 e. The number of aromatic nitrogens is 1. The van der Waals surface area contributed by atoms with E-state index in [2.05, 4.69) is 24.1 Å². The Kier molecular flexibility index (Phi) is 5.31. The van der Waals surface area contributed by atoms with Crippen molar-refractivity contribution in [1.82, 2.24) is 10.3 Å². The molecule has 2 rings (SSSR count). The lowest BCUT2D eigenvalue weighted by atomic mass is 10.2. The Hall–Kier alpha value is -1.46. The van der Waals surface area contributed by atoms with Crippen LogP contribution in [0, 0.1) is 18.7 Å². The molecule has 3 nitrogen and oxygen atoms in total. The van der Waals surface area contributed by atoms with Gasteiger partial charge in [0.1, 0.15) is 5.01 Å². The number of thiazole rings is 1. The first-order chi connectivity index (χ1) is 10.0. The minimum Gasteiger partial charge on any atom is -0.494 e. The fourth-order valence-corrected chi connectivity index (χ4v) is 3.01. The predicted molar refractivity (Wildman–Crippen MR) is 85.3 cm³/mol. The molecule has 1 N–H and O–H groups in total. The third-order valence-corrected chi connectivity index (χ3v) is 4.34. The monoisotopic (exact) mass is 308 g/mol. The molecule has 5 heteroatoms. The summed E-state index contributed by atoms with van der Waals surface area (Å²) in [7, 11) is 1.47. The second-order valence-electron chi connectivity index (χ2n) is 5.40. The molecule has 0 atom stereocenters. The van der Waals surface area contributed by atoms with Crippen molar-refractivity contribution in [2.24, 2.45) is 5.92 Å². The topological polar surface area (TPSA) is 34.1 Å². The molecular weight excluding hydrogens is 287 g/mol. The van der Waals surface area contributed by atoms with Gasteiger partial charge >= 0.3 is 0 Å². The van der Waals surface area contributed by atoms with Gasteiger partial charge in [0, 0.05) is 17.0 Å². The average Bonchev–Trinajstić information content (AvgIpc) is 2.80. The van der Waals surface area contributed by atoms with Crippen molar-refractivity contribution in [3.8, 4) is 16.3 Å². The Bertz CT molecular complexity index is 610. The number of benzene rings is 1. The molecule has 0 fully saturated rings. The summed E-state index contributed by atoms with van der Waals surface area (Å²) in [6.45, 7) is 8.18. The molecule has 0 aliphatic rings. The summed E-state index contributed by atoms with van der Waals surface area (Å²) in [4.78, 5) is 5.80. The number of hydrogen-bond donors (Lipinski definition) is 1. The Labute approximate surface area is 129 Å². The van der Waals surface area contributed by atoms with Gasteiger partial charge in [0.15, 0.2) is 11.6 Å². The van der Waals surface area contributed by atoms with Gasteiger partial charge in [0.05, 0.1) is 12.8 Å². The summed E-state index contributed by atoms with van der Waals surface area (Å²) in [5.74, 6) is 0.521. The highest BCUT2D eigenvalue weighted by Gasteiger charge is 2.12. The fraction of sp³-hybridized carbons (Fsp3) is 0.438. The molecule has 0 unspecified atom stereocenters. The Morgan fingerprint density at radius 3 is 2.81 bits per heavy atom. The lowest BCUT2D eigenvalue weighted by Crippen LogP contribution is -2.18. The maximum Gasteiger partial charge on any atom is 0.165 e.